The van der Waals surface area contributed by atoms with Crippen LogP contribution < -0.4 is 10.2 Å². The van der Waals surface area contributed by atoms with Crippen molar-refractivity contribution in [3.05, 3.63) is 53.8 Å². The first-order chi connectivity index (χ1) is 11.3. The van der Waals surface area contributed by atoms with Crippen molar-refractivity contribution in [3.63, 3.8) is 0 Å². The maximum atomic E-state index is 5.88. The third-order valence-electron chi connectivity index (χ3n) is 4.20. The highest BCUT2D eigenvalue weighted by Gasteiger charge is 2.16. The molecule has 4 nitrogen and oxygen atoms in total. The average molecular weight is 331 g/mol. The summed E-state index contributed by atoms with van der Waals surface area (Å²) in [7, 11) is 0. The molecule has 1 N–H and O–H groups in total. The number of halogens is 1. The van der Waals surface area contributed by atoms with Crippen LogP contribution in [-0.4, -0.2) is 49.2 Å². The zero-order valence-corrected chi connectivity index (χ0v) is 14.0. The van der Waals surface area contributed by atoms with E-state index >= 15 is 0 Å². The van der Waals surface area contributed by atoms with Gasteiger partial charge in [-0.05, 0) is 37.2 Å². The quantitative estimate of drug-likeness (QED) is 0.650. The van der Waals surface area contributed by atoms with Gasteiger partial charge in [-0.2, -0.15) is 0 Å². The highest BCUT2D eigenvalue weighted by molar-refractivity contribution is 6.29. The van der Waals surface area contributed by atoms with E-state index in [4.69, 9.17) is 11.6 Å². The maximum Gasteiger partial charge on any atom is 0.131 e. The molecule has 2 aromatic rings. The van der Waals surface area contributed by atoms with Crippen molar-refractivity contribution >= 4 is 23.0 Å². The Labute approximate surface area is 143 Å². The van der Waals surface area contributed by atoms with Gasteiger partial charge >= 0.3 is 0 Å². The molecule has 0 amide bonds. The van der Waals surface area contributed by atoms with Gasteiger partial charge in [-0.25, -0.2) is 4.98 Å². The largest absolute Gasteiger partial charge is 0.385 e. The van der Waals surface area contributed by atoms with E-state index in [1.165, 1.54) is 5.69 Å². The fraction of sp³-hybridized carbons (Fsp3) is 0.389. The Morgan fingerprint density at radius 1 is 1.04 bits per heavy atom. The van der Waals surface area contributed by atoms with Crippen LogP contribution in [0.2, 0.25) is 5.15 Å². The lowest BCUT2D eigenvalue weighted by atomic mass is 10.2. The van der Waals surface area contributed by atoms with Crippen molar-refractivity contribution in [1.82, 2.24) is 9.88 Å². The second kappa shape index (κ2) is 8.18. The van der Waals surface area contributed by atoms with Crippen molar-refractivity contribution in [2.45, 2.75) is 6.42 Å². The molecule has 1 aromatic heterocycles. The summed E-state index contributed by atoms with van der Waals surface area (Å²) in [6, 6.07) is 14.5. The summed E-state index contributed by atoms with van der Waals surface area (Å²) in [5.74, 6) is 0. The van der Waals surface area contributed by atoms with Gasteiger partial charge in [0.05, 0.1) is 0 Å². The number of nitrogens with zero attached hydrogens (tertiary/aromatic N) is 3. The summed E-state index contributed by atoms with van der Waals surface area (Å²) < 4.78 is 0. The number of aromatic nitrogens is 1. The minimum absolute atomic E-state index is 0.534. The van der Waals surface area contributed by atoms with Crippen LogP contribution in [0.4, 0.5) is 11.4 Å². The molecule has 122 valence electrons. The van der Waals surface area contributed by atoms with Gasteiger partial charge < -0.3 is 10.2 Å². The maximum absolute atomic E-state index is 5.88. The Morgan fingerprint density at radius 3 is 2.57 bits per heavy atom. The number of nitrogens with one attached hydrogen (secondary N) is 1. The van der Waals surface area contributed by atoms with Crippen LogP contribution in [-0.2, 0) is 0 Å². The lowest BCUT2D eigenvalue weighted by Crippen LogP contribution is -2.46. The Morgan fingerprint density at radius 2 is 1.83 bits per heavy atom. The standard InChI is InChI=1S/C18H23ClN4/c19-18-15-16(7-9-21-18)20-8-4-10-22-11-13-23(14-12-22)17-5-2-1-3-6-17/h1-3,5-7,9,15H,4,8,10-14H2,(H,20,21). The van der Waals surface area contributed by atoms with Crippen molar-refractivity contribution in [2.24, 2.45) is 0 Å². The van der Waals surface area contributed by atoms with E-state index in [0.717, 1.165) is 51.4 Å². The van der Waals surface area contributed by atoms with Crippen LogP contribution in [0, 0.1) is 0 Å². The number of para-hydroxylation sites is 1. The topological polar surface area (TPSA) is 31.4 Å². The van der Waals surface area contributed by atoms with Crippen molar-refractivity contribution in [3.8, 4) is 0 Å². The molecule has 0 unspecified atom stereocenters. The van der Waals surface area contributed by atoms with E-state index in [2.05, 4.69) is 50.4 Å². The molecular weight excluding hydrogens is 308 g/mol. The highest BCUT2D eigenvalue weighted by Crippen LogP contribution is 2.16. The van der Waals surface area contributed by atoms with E-state index in [1.54, 1.807) is 6.20 Å². The Bertz CT molecular complexity index is 597. The molecule has 0 aliphatic carbocycles. The van der Waals surface area contributed by atoms with Crippen molar-refractivity contribution < 1.29 is 0 Å². The number of pyridine rings is 1. The first kappa shape index (κ1) is 16.1. The summed E-state index contributed by atoms with van der Waals surface area (Å²) in [5, 5.41) is 3.93. The number of anilines is 2. The van der Waals surface area contributed by atoms with E-state index in [1.807, 2.05) is 12.1 Å². The monoisotopic (exact) mass is 330 g/mol. The zero-order valence-electron chi connectivity index (χ0n) is 13.3. The lowest BCUT2D eigenvalue weighted by molar-refractivity contribution is 0.257. The third-order valence-corrected chi connectivity index (χ3v) is 4.41. The fourth-order valence-corrected chi connectivity index (χ4v) is 3.09. The van der Waals surface area contributed by atoms with Crippen molar-refractivity contribution in [1.29, 1.82) is 0 Å². The third kappa shape index (κ3) is 4.85. The summed E-state index contributed by atoms with van der Waals surface area (Å²) in [6.45, 7) is 6.58. The number of hydrogen-bond acceptors (Lipinski definition) is 4. The van der Waals surface area contributed by atoms with Gasteiger partial charge in [-0.1, -0.05) is 29.8 Å². The fourth-order valence-electron chi connectivity index (χ4n) is 2.92. The van der Waals surface area contributed by atoms with Gasteiger partial charge in [0.15, 0.2) is 0 Å². The van der Waals surface area contributed by atoms with Crippen LogP contribution in [0.5, 0.6) is 0 Å². The summed E-state index contributed by atoms with van der Waals surface area (Å²) in [4.78, 5) is 8.99. The molecule has 1 saturated heterocycles. The molecule has 1 aliphatic heterocycles. The normalized spacial score (nSPS) is 15.6. The molecule has 1 aliphatic rings. The molecule has 3 rings (SSSR count). The molecule has 0 atom stereocenters. The van der Waals surface area contributed by atoms with Gasteiger partial charge in [0.1, 0.15) is 5.15 Å². The van der Waals surface area contributed by atoms with Gasteiger partial charge in [0.2, 0.25) is 0 Å². The number of benzene rings is 1. The second-order valence-corrected chi connectivity index (χ2v) is 6.20. The minimum Gasteiger partial charge on any atom is -0.385 e. The molecule has 1 aromatic carbocycles. The highest BCUT2D eigenvalue weighted by atomic mass is 35.5. The number of piperazine rings is 1. The molecule has 1 fully saturated rings. The second-order valence-electron chi connectivity index (χ2n) is 5.81. The van der Waals surface area contributed by atoms with E-state index < -0.39 is 0 Å². The first-order valence-electron chi connectivity index (χ1n) is 8.19. The van der Waals surface area contributed by atoms with Crippen LogP contribution in [0.1, 0.15) is 6.42 Å². The predicted molar refractivity (Wildman–Crippen MR) is 97.4 cm³/mol. The lowest BCUT2D eigenvalue weighted by Gasteiger charge is -2.36. The zero-order chi connectivity index (χ0) is 15.9. The number of hydrogen-bond donors (Lipinski definition) is 1. The van der Waals surface area contributed by atoms with Gasteiger partial charge in [0.25, 0.3) is 0 Å². The molecule has 2 heterocycles. The van der Waals surface area contributed by atoms with E-state index in [-0.39, 0.29) is 0 Å². The van der Waals surface area contributed by atoms with Crippen LogP contribution >= 0.6 is 11.6 Å². The van der Waals surface area contributed by atoms with Crippen LogP contribution in [0.25, 0.3) is 0 Å². The smallest absolute Gasteiger partial charge is 0.131 e. The molecule has 0 saturated carbocycles. The van der Waals surface area contributed by atoms with Gasteiger partial charge in [0, 0.05) is 50.3 Å². The molecular formula is C18H23ClN4. The Kier molecular flexibility index (Phi) is 5.72. The van der Waals surface area contributed by atoms with Gasteiger partial charge in [-0.3, -0.25) is 4.90 Å². The summed E-state index contributed by atoms with van der Waals surface area (Å²) in [5.41, 5.74) is 2.38. The molecule has 0 bridgehead atoms. The van der Waals surface area contributed by atoms with E-state index in [9.17, 15) is 0 Å². The molecule has 0 spiro atoms. The Hall–Kier alpha value is -1.78. The van der Waals surface area contributed by atoms with E-state index in [0.29, 0.717) is 5.15 Å². The van der Waals surface area contributed by atoms with Crippen LogP contribution in [0.15, 0.2) is 48.7 Å². The Balaban J connectivity index is 1.35. The summed E-state index contributed by atoms with van der Waals surface area (Å²) in [6.07, 6.45) is 2.86. The average Bonchev–Trinajstić information content (AvgIpc) is 2.60. The molecule has 5 heteroatoms. The molecule has 0 radical (unpaired) electrons. The SMILES string of the molecule is Clc1cc(NCCCN2CCN(c3ccccc3)CC2)ccn1. The molecule has 23 heavy (non-hydrogen) atoms. The summed E-state index contributed by atoms with van der Waals surface area (Å²) >= 11 is 5.88. The predicted octanol–water partition coefficient (Wildman–Crippen LogP) is 3.36. The first-order valence-corrected chi connectivity index (χ1v) is 8.57. The van der Waals surface area contributed by atoms with Gasteiger partial charge in [-0.15, -0.1) is 0 Å². The minimum atomic E-state index is 0.534. The van der Waals surface area contributed by atoms with Crippen LogP contribution in [0.3, 0.4) is 0 Å². The van der Waals surface area contributed by atoms with Crippen molar-refractivity contribution in [2.75, 3.05) is 49.5 Å². The number of rotatable bonds is 6.